The summed E-state index contributed by atoms with van der Waals surface area (Å²) in [4.78, 5) is 56.8. The molecule has 5 N–H and O–H groups in total. The number of hydrogen-bond acceptors (Lipinski definition) is 14. The standard InChI is InChI=1S/C15H22ClNO2.C15H12F3NO4S.C11H10Cl2F2N4O3S.C5H12NO4P/c1-5-13-8-6-7-11(2)15(13)17(14(18)9-16)12(3)10-19-4;1-24(21,22)12-6-9(15(16,17)18)4-5-10(12)13(20)11-7-19-23-14(11)8-2-3-8;1-5-16-19(11(20)18(5)10(14)15)9-4-8(17-23(2,21)22)6(12)3-7(9)13;1-11(9,10)3-2-4(6)5(7)8/h6-8,12H,5,9-10H2,1-4H3;4-8H,2-3H2,1H3;3-4,10,17H,1-2H3;4H,2-3,6H2,1H3,(H,7,8)(H,9,10). The van der Waals surface area contributed by atoms with Gasteiger partial charge in [-0.25, -0.2) is 26.2 Å². The lowest BCUT2D eigenvalue weighted by Crippen LogP contribution is -2.43. The minimum Gasteiger partial charge on any atom is -0.480 e. The smallest absolute Gasteiger partial charge is 0.416 e. The van der Waals surface area contributed by atoms with E-state index in [2.05, 4.69) is 28.0 Å². The molecule has 0 radical (unpaired) electrons. The number of nitrogens with two attached hydrogens (primary N) is 1. The molecule has 3 aromatic carbocycles. The van der Waals surface area contributed by atoms with Gasteiger partial charge in [0.25, 0.3) is 0 Å². The van der Waals surface area contributed by atoms with E-state index >= 15 is 0 Å². The van der Waals surface area contributed by atoms with Gasteiger partial charge in [-0.1, -0.05) is 53.5 Å². The molecule has 77 heavy (non-hydrogen) atoms. The van der Waals surface area contributed by atoms with Crippen LogP contribution in [0.4, 0.5) is 33.3 Å². The molecular formula is C46H56Cl3F5N7O13PS2. The van der Waals surface area contributed by atoms with E-state index in [1.165, 1.54) is 25.9 Å². The molecule has 3 atom stereocenters. The number of carboxylic acids is 1. The Morgan fingerprint density at radius 1 is 1.04 bits per heavy atom. The number of nitrogens with zero attached hydrogens (tertiary/aromatic N) is 5. The lowest BCUT2D eigenvalue weighted by atomic mass is 10.0. The van der Waals surface area contributed by atoms with Crippen LogP contribution in [0, 0.1) is 13.8 Å². The second kappa shape index (κ2) is 27.6. The van der Waals surface area contributed by atoms with Gasteiger partial charge in [0.1, 0.15) is 17.7 Å². The normalized spacial score (nSPS) is 14.1. The van der Waals surface area contributed by atoms with Gasteiger partial charge < -0.3 is 29.9 Å². The van der Waals surface area contributed by atoms with Gasteiger partial charge in [0.15, 0.2) is 28.7 Å². The van der Waals surface area contributed by atoms with Crippen molar-refractivity contribution in [3.63, 3.8) is 0 Å². The molecule has 1 aliphatic carbocycles. The molecule has 0 bridgehead atoms. The van der Waals surface area contributed by atoms with Crippen molar-refractivity contribution in [2.75, 3.05) is 54.6 Å². The van der Waals surface area contributed by atoms with E-state index < -0.39 is 73.9 Å². The summed E-state index contributed by atoms with van der Waals surface area (Å²) in [7, 11) is -9.16. The van der Waals surface area contributed by atoms with E-state index in [4.69, 9.17) is 59.8 Å². The number of carboxylic acid groups (broad SMARTS) is 1. The van der Waals surface area contributed by atoms with Crippen LogP contribution in [0.3, 0.4) is 0 Å². The summed E-state index contributed by atoms with van der Waals surface area (Å²) in [6.07, 6.45) is 0.636. The fourth-order valence-electron chi connectivity index (χ4n) is 7.06. The van der Waals surface area contributed by atoms with Crippen LogP contribution in [0.2, 0.25) is 10.0 Å². The van der Waals surface area contributed by atoms with Crippen molar-refractivity contribution in [1.82, 2.24) is 19.5 Å². The lowest BCUT2D eigenvalue weighted by Gasteiger charge is -2.31. The SMILES string of the molecule is CCc1cccc(C)c1N(C(=O)CCl)C(C)COC.CP(=O)(O)CCC(N)C(=O)O.CS(=O)(=O)c1cc(C(F)(F)F)ccc1C(=O)c1cnoc1C1CC1.Cc1nn(-c2cc(NS(C)(=O)=O)c(Cl)cc2Cl)c(=O)n1C(F)F. The van der Waals surface area contributed by atoms with Crippen molar-refractivity contribution in [3.8, 4) is 5.69 Å². The highest BCUT2D eigenvalue weighted by atomic mass is 35.5. The first-order chi connectivity index (χ1) is 35.5. The van der Waals surface area contributed by atoms with Gasteiger partial charge >= 0.3 is 24.4 Å². The van der Waals surface area contributed by atoms with E-state index in [-0.39, 0.29) is 79.3 Å². The Labute approximate surface area is 455 Å². The molecule has 2 heterocycles. The number of ketones is 1. The van der Waals surface area contributed by atoms with Gasteiger partial charge in [0.05, 0.1) is 68.2 Å². The number of hydrogen-bond donors (Lipinski definition) is 4. The molecule has 1 saturated carbocycles. The van der Waals surface area contributed by atoms with E-state index in [1.54, 1.807) is 12.0 Å². The maximum atomic E-state index is 12.8. The minimum absolute atomic E-state index is 0.0223. The highest BCUT2D eigenvalue weighted by Crippen LogP contribution is 2.43. The number of ether oxygens (including phenoxy) is 1. The molecule has 3 unspecified atom stereocenters. The summed E-state index contributed by atoms with van der Waals surface area (Å²) < 4.78 is 134. The van der Waals surface area contributed by atoms with Crippen LogP contribution in [0.1, 0.15) is 89.8 Å². The second-order valence-corrected chi connectivity index (χ2v) is 24.7. The molecule has 0 aliphatic heterocycles. The number of carbonyl (C=O) groups is 3. The third kappa shape index (κ3) is 19.0. The predicted molar refractivity (Wildman–Crippen MR) is 280 cm³/mol. The van der Waals surface area contributed by atoms with Crippen LogP contribution in [0.25, 0.3) is 5.69 Å². The van der Waals surface area contributed by atoms with Gasteiger partial charge in [0.2, 0.25) is 15.9 Å². The average Bonchev–Trinajstić information content (AvgIpc) is 3.96. The van der Waals surface area contributed by atoms with Gasteiger partial charge in [-0.3, -0.25) is 23.7 Å². The molecule has 1 amide bonds. The molecule has 5 aromatic rings. The van der Waals surface area contributed by atoms with Crippen molar-refractivity contribution in [2.24, 2.45) is 5.73 Å². The van der Waals surface area contributed by atoms with E-state index in [9.17, 15) is 62.5 Å². The number of aromatic nitrogens is 4. The molecule has 1 fully saturated rings. The zero-order valence-corrected chi connectivity index (χ0v) is 47.2. The number of para-hydroxylation sites is 1. The number of aryl methyl sites for hydroxylation is 3. The Morgan fingerprint density at radius 2 is 1.66 bits per heavy atom. The monoisotopic (exact) mass is 1210 g/mol. The zero-order chi connectivity index (χ0) is 58.7. The average molecular weight is 1210 g/mol. The Balaban J connectivity index is 0.000000279. The topological polar surface area (TPSA) is 293 Å². The number of alkyl halides is 6. The number of nitrogens with one attached hydrogen (secondary N) is 1. The molecule has 426 valence electrons. The molecular weight excluding hydrogens is 1150 g/mol. The van der Waals surface area contributed by atoms with E-state index in [0.717, 1.165) is 60.7 Å². The van der Waals surface area contributed by atoms with Gasteiger partial charge in [0, 0.05) is 37.7 Å². The van der Waals surface area contributed by atoms with Crippen LogP contribution in [-0.2, 0) is 51.3 Å². The van der Waals surface area contributed by atoms with Crippen LogP contribution >= 0.6 is 42.2 Å². The summed E-state index contributed by atoms with van der Waals surface area (Å²) >= 11 is 17.6. The number of halogens is 8. The molecule has 0 spiro atoms. The quantitative estimate of drug-likeness (QED) is 0.0277. The zero-order valence-electron chi connectivity index (χ0n) is 42.4. The molecule has 2 aromatic heterocycles. The van der Waals surface area contributed by atoms with Crippen molar-refractivity contribution < 1.29 is 77.0 Å². The summed E-state index contributed by atoms with van der Waals surface area (Å²) in [5.41, 5.74) is 5.66. The number of benzene rings is 3. The van der Waals surface area contributed by atoms with Crippen molar-refractivity contribution in [3.05, 3.63) is 115 Å². The Hall–Kier alpha value is -5.25. The number of sulfone groups is 1. The number of sulfonamides is 1. The maximum absolute atomic E-state index is 12.8. The molecule has 1 aliphatic rings. The van der Waals surface area contributed by atoms with Crippen molar-refractivity contribution in [1.29, 1.82) is 0 Å². The van der Waals surface area contributed by atoms with Crippen LogP contribution < -0.4 is 21.0 Å². The Kier molecular flexibility index (Phi) is 23.6. The summed E-state index contributed by atoms with van der Waals surface area (Å²) in [5, 5.41) is 15.5. The number of anilines is 2. The number of methoxy groups -OCH3 is 1. The number of amides is 1. The van der Waals surface area contributed by atoms with Crippen LogP contribution in [0.5, 0.6) is 0 Å². The van der Waals surface area contributed by atoms with Crippen LogP contribution in [0.15, 0.2) is 68.9 Å². The summed E-state index contributed by atoms with van der Waals surface area (Å²) in [6, 6.07) is 9.37. The molecule has 31 heteroatoms. The van der Waals surface area contributed by atoms with Gasteiger partial charge in [-0.05, 0) is 87.9 Å². The summed E-state index contributed by atoms with van der Waals surface area (Å²) in [6.45, 7) is 5.90. The van der Waals surface area contributed by atoms with Gasteiger partial charge in [-0.2, -0.15) is 26.6 Å². The molecule has 6 rings (SSSR count). The minimum atomic E-state index is -4.71. The highest BCUT2D eigenvalue weighted by molar-refractivity contribution is 7.92. The predicted octanol–water partition coefficient (Wildman–Crippen LogP) is 8.47. The third-order valence-electron chi connectivity index (χ3n) is 10.8. The van der Waals surface area contributed by atoms with Crippen molar-refractivity contribution >= 4 is 91.1 Å². The molecule has 0 saturated heterocycles. The Morgan fingerprint density at radius 3 is 2.14 bits per heavy atom. The molecule has 20 nitrogen and oxygen atoms in total. The van der Waals surface area contributed by atoms with Crippen molar-refractivity contribution in [2.45, 2.75) is 89.0 Å². The number of rotatable bonds is 18. The van der Waals surface area contributed by atoms with Gasteiger partial charge in [-0.15, -0.1) is 16.7 Å². The summed E-state index contributed by atoms with van der Waals surface area (Å²) in [5.74, 6) is -1.80. The third-order valence-corrected chi connectivity index (χ3v) is 14.5. The van der Waals surface area contributed by atoms with Crippen LogP contribution in [-0.4, -0.2) is 121 Å². The fourth-order valence-corrected chi connectivity index (χ4v) is 9.98. The first-order valence-electron chi connectivity index (χ1n) is 22.6. The number of aliphatic carboxylic acids is 1. The first-order valence-corrected chi connectivity index (χ1v) is 29.9. The Bertz CT molecular complexity index is 3260. The lowest BCUT2D eigenvalue weighted by molar-refractivity contribution is -0.139. The fraction of sp³-hybridized carbons (Fsp3) is 0.435. The number of carbonyl (C=O) groups excluding carboxylic acids is 2. The van der Waals surface area contributed by atoms with E-state index in [1.807, 2.05) is 26.0 Å². The van der Waals surface area contributed by atoms with E-state index in [0.29, 0.717) is 29.2 Å². The highest BCUT2D eigenvalue weighted by Gasteiger charge is 2.36. The second-order valence-electron chi connectivity index (χ2n) is 17.4. The largest absolute Gasteiger partial charge is 0.480 e. The maximum Gasteiger partial charge on any atom is 0.416 e. The first kappa shape index (κ1) is 66.0.